The maximum Gasteiger partial charge on any atom is 0.246 e. The first kappa shape index (κ1) is 16.6. The maximum atomic E-state index is 12.3. The molecule has 128 valence electrons. The lowest BCUT2D eigenvalue weighted by molar-refractivity contribution is -0.135. The molecule has 24 heavy (non-hydrogen) atoms. The topological polar surface area (TPSA) is 88.3 Å². The van der Waals surface area contributed by atoms with Gasteiger partial charge in [0.15, 0.2) is 5.82 Å². The number of carbonyl (C=O) groups is 2. The smallest absolute Gasteiger partial charge is 0.246 e. The highest BCUT2D eigenvalue weighted by molar-refractivity contribution is 7.10. The lowest BCUT2D eigenvalue weighted by atomic mass is 9.95. The zero-order chi connectivity index (χ0) is 16.9. The second-order valence-corrected chi connectivity index (χ2v) is 6.90. The molecule has 3 rings (SSSR count). The van der Waals surface area contributed by atoms with Crippen LogP contribution in [0.4, 0.5) is 0 Å². The minimum atomic E-state index is -0.0696. The molecule has 0 unspecified atom stereocenters. The van der Waals surface area contributed by atoms with Gasteiger partial charge < -0.3 is 14.7 Å². The molecule has 1 saturated heterocycles. The number of thiophene rings is 1. The van der Waals surface area contributed by atoms with Crippen LogP contribution in [-0.4, -0.2) is 39.9 Å². The largest absolute Gasteiger partial charge is 0.347 e. The first-order valence-electron chi connectivity index (χ1n) is 7.99. The second kappa shape index (κ2) is 7.57. The fourth-order valence-electron chi connectivity index (χ4n) is 2.78. The zero-order valence-electron chi connectivity index (χ0n) is 13.5. The van der Waals surface area contributed by atoms with Crippen LogP contribution in [0, 0.1) is 12.8 Å². The third kappa shape index (κ3) is 4.19. The molecule has 2 aromatic heterocycles. The highest BCUT2D eigenvalue weighted by atomic mass is 32.1. The number of amides is 2. The Morgan fingerprint density at radius 3 is 2.83 bits per heavy atom. The lowest BCUT2D eigenvalue weighted by Crippen LogP contribution is -2.43. The molecule has 0 spiro atoms. The summed E-state index contributed by atoms with van der Waals surface area (Å²) in [5, 5.41) is 8.49. The van der Waals surface area contributed by atoms with Crippen molar-refractivity contribution in [3.8, 4) is 0 Å². The molecule has 0 aliphatic carbocycles. The van der Waals surface area contributed by atoms with E-state index < -0.39 is 0 Å². The molecule has 1 fully saturated rings. The van der Waals surface area contributed by atoms with E-state index in [2.05, 4.69) is 15.5 Å². The van der Waals surface area contributed by atoms with Crippen molar-refractivity contribution in [3.05, 3.63) is 34.1 Å². The second-order valence-electron chi connectivity index (χ2n) is 5.86. The molecule has 2 aromatic rings. The van der Waals surface area contributed by atoms with Crippen LogP contribution < -0.4 is 5.32 Å². The summed E-state index contributed by atoms with van der Waals surface area (Å²) in [5.74, 6) is 1.01. The molecule has 0 radical (unpaired) electrons. The number of piperidine rings is 1. The SMILES string of the molecule is Cc1noc(CNC(=O)C2CCN(C(=O)Cc3cccs3)CC2)n1. The van der Waals surface area contributed by atoms with Gasteiger partial charge in [0.25, 0.3) is 0 Å². The predicted octanol–water partition coefficient (Wildman–Crippen LogP) is 1.54. The van der Waals surface area contributed by atoms with Gasteiger partial charge in [0.2, 0.25) is 17.7 Å². The van der Waals surface area contributed by atoms with Crippen LogP contribution in [0.2, 0.25) is 0 Å². The van der Waals surface area contributed by atoms with Crippen molar-refractivity contribution in [2.24, 2.45) is 5.92 Å². The molecule has 0 saturated carbocycles. The summed E-state index contributed by atoms with van der Waals surface area (Å²) in [6.45, 7) is 3.23. The van der Waals surface area contributed by atoms with Gasteiger partial charge in [0.05, 0.1) is 13.0 Å². The summed E-state index contributed by atoms with van der Waals surface area (Å²) in [5.41, 5.74) is 0. The fraction of sp³-hybridized carbons (Fsp3) is 0.500. The summed E-state index contributed by atoms with van der Waals surface area (Å²) < 4.78 is 4.97. The number of hydrogen-bond donors (Lipinski definition) is 1. The average molecular weight is 348 g/mol. The molecule has 7 nitrogen and oxygen atoms in total. The predicted molar refractivity (Wildman–Crippen MR) is 88.2 cm³/mol. The number of hydrogen-bond acceptors (Lipinski definition) is 6. The van der Waals surface area contributed by atoms with Crippen LogP contribution in [-0.2, 0) is 22.6 Å². The minimum absolute atomic E-state index is 0.0174. The fourth-order valence-corrected chi connectivity index (χ4v) is 3.48. The normalized spacial score (nSPS) is 15.5. The van der Waals surface area contributed by atoms with Crippen molar-refractivity contribution in [2.75, 3.05) is 13.1 Å². The summed E-state index contributed by atoms with van der Waals surface area (Å²) in [7, 11) is 0. The molecule has 1 N–H and O–H groups in total. The summed E-state index contributed by atoms with van der Waals surface area (Å²) in [6.07, 6.45) is 1.82. The Morgan fingerprint density at radius 1 is 1.42 bits per heavy atom. The van der Waals surface area contributed by atoms with Crippen LogP contribution in [0.3, 0.4) is 0 Å². The first-order chi connectivity index (χ1) is 11.6. The number of nitrogens with one attached hydrogen (secondary N) is 1. The van der Waals surface area contributed by atoms with Crippen LogP contribution in [0.25, 0.3) is 0 Å². The number of aryl methyl sites for hydroxylation is 1. The molecule has 0 aromatic carbocycles. The van der Waals surface area contributed by atoms with E-state index in [0.717, 1.165) is 4.88 Å². The van der Waals surface area contributed by atoms with Gasteiger partial charge in [0, 0.05) is 23.9 Å². The van der Waals surface area contributed by atoms with Crippen molar-refractivity contribution in [1.29, 1.82) is 0 Å². The van der Waals surface area contributed by atoms with E-state index in [-0.39, 0.29) is 24.3 Å². The Balaban J connectivity index is 1.42. The summed E-state index contributed by atoms with van der Waals surface area (Å²) in [6, 6.07) is 3.93. The molecule has 0 atom stereocenters. The highest BCUT2D eigenvalue weighted by Gasteiger charge is 2.27. The molecule has 0 bridgehead atoms. The van der Waals surface area contributed by atoms with Gasteiger partial charge in [0.1, 0.15) is 0 Å². The van der Waals surface area contributed by atoms with Crippen molar-refractivity contribution >= 4 is 23.2 Å². The van der Waals surface area contributed by atoms with Crippen LogP contribution in [0.1, 0.15) is 29.4 Å². The number of likely N-dealkylation sites (tertiary alicyclic amines) is 1. The van der Waals surface area contributed by atoms with Gasteiger partial charge in [-0.1, -0.05) is 11.2 Å². The van der Waals surface area contributed by atoms with E-state index in [0.29, 0.717) is 44.1 Å². The van der Waals surface area contributed by atoms with Gasteiger partial charge >= 0.3 is 0 Å². The quantitative estimate of drug-likeness (QED) is 0.885. The van der Waals surface area contributed by atoms with Crippen molar-refractivity contribution in [1.82, 2.24) is 20.4 Å². The monoisotopic (exact) mass is 348 g/mol. The van der Waals surface area contributed by atoms with Crippen LogP contribution >= 0.6 is 11.3 Å². The van der Waals surface area contributed by atoms with Gasteiger partial charge in [-0.3, -0.25) is 9.59 Å². The number of carbonyl (C=O) groups excluding carboxylic acids is 2. The van der Waals surface area contributed by atoms with E-state index >= 15 is 0 Å². The van der Waals surface area contributed by atoms with Gasteiger partial charge in [-0.2, -0.15) is 4.98 Å². The van der Waals surface area contributed by atoms with E-state index in [4.69, 9.17) is 4.52 Å². The van der Waals surface area contributed by atoms with Gasteiger partial charge in [-0.25, -0.2) is 0 Å². The van der Waals surface area contributed by atoms with E-state index in [1.165, 1.54) is 0 Å². The molecule has 8 heteroatoms. The highest BCUT2D eigenvalue weighted by Crippen LogP contribution is 2.19. The van der Waals surface area contributed by atoms with Crippen molar-refractivity contribution in [3.63, 3.8) is 0 Å². The number of rotatable bonds is 5. The lowest BCUT2D eigenvalue weighted by Gasteiger charge is -2.31. The Hall–Kier alpha value is -2.22. The molecule has 3 heterocycles. The Labute approximate surface area is 144 Å². The van der Waals surface area contributed by atoms with E-state index in [1.54, 1.807) is 18.3 Å². The maximum absolute atomic E-state index is 12.3. The number of nitrogens with zero attached hydrogens (tertiary/aromatic N) is 3. The van der Waals surface area contributed by atoms with Gasteiger partial charge in [-0.15, -0.1) is 11.3 Å². The molecule has 2 amide bonds. The van der Waals surface area contributed by atoms with Gasteiger partial charge in [-0.05, 0) is 31.2 Å². The Bertz CT molecular complexity index is 690. The first-order valence-corrected chi connectivity index (χ1v) is 8.87. The average Bonchev–Trinajstić information content (AvgIpc) is 3.24. The van der Waals surface area contributed by atoms with E-state index in [9.17, 15) is 9.59 Å². The third-order valence-electron chi connectivity index (χ3n) is 4.11. The Morgan fingerprint density at radius 2 is 2.21 bits per heavy atom. The summed E-state index contributed by atoms with van der Waals surface area (Å²) >= 11 is 1.60. The zero-order valence-corrected chi connectivity index (χ0v) is 14.3. The van der Waals surface area contributed by atoms with Crippen molar-refractivity contribution < 1.29 is 14.1 Å². The number of aromatic nitrogens is 2. The van der Waals surface area contributed by atoms with E-state index in [1.807, 2.05) is 22.4 Å². The molecular weight excluding hydrogens is 328 g/mol. The Kier molecular flexibility index (Phi) is 5.24. The minimum Gasteiger partial charge on any atom is -0.347 e. The molecule has 1 aliphatic heterocycles. The molecule has 1 aliphatic rings. The van der Waals surface area contributed by atoms with Crippen LogP contribution in [0.5, 0.6) is 0 Å². The summed E-state index contributed by atoms with van der Waals surface area (Å²) in [4.78, 5) is 31.5. The standard InChI is InChI=1S/C16H20N4O3S/c1-11-18-14(23-19-11)10-17-16(22)12-4-6-20(7-5-12)15(21)9-13-3-2-8-24-13/h2-3,8,12H,4-7,9-10H2,1H3,(H,17,22). The third-order valence-corrected chi connectivity index (χ3v) is 4.98. The molecular formula is C16H20N4O3S. The van der Waals surface area contributed by atoms with Crippen LogP contribution in [0.15, 0.2) is 22.0 Å². The van der Waals surface area contributed by atoms with Crippen molar-refractivity contribution in [2.45, 2.75) is 32.7 Å².